The number of hydrogen-bond donors (Lipinski definition) is 1. The van der Waals surface area contributed by atoms with Gasteiger partial charge in [0.05, 0.1) is 17.2 Å². The van der Waals surface area contributed by atoms with Crippen LogP contribution in [0.2, 0.25) is 0 Å². The van der Waals surface area contributed by atoms with Crippen molar-refractivity contribution in [1.29, 1.82) is 0 Å². The number of nitrogens with one attached hydrogen (secondary N) is 1. The summed E-state index contributed by atoms with van der Waals surface area (Å²) in [5, 5.41) is 6.21. The van der Waals surface area contributed by atoms with E-state index in [1.165, 1.54) is 6.42 Å². The van der Waals surface area contributed by atoms with Crippen LogP contribution in [0.4, 0.5) is 0 Å². The molecule has 26 heavy (non-hydrogen) atoms. The average Bonchev–Trinajstić information content (AvgIpc) is 3.30. The molecular weight excluding hydrogens is 350 g/mol. The van der Waals surface area contributed by atoms with Gasteiger partial charge in [0, 0.05) is 36.9 Å². The second kappa shape index (κ2) is 8.05. The average molecular weight is 378 g/mol. The molecular formula is C19H27N3O3S. The standard InChI is InChI=1S/C19H27N3O3S/c23-17(13-3-1-4-13)20-11-15-12-26-18(21-15)14-6-8-22(9-7-14)19(24)16-5-2-10-25-16/h12-14,16H,1-11H2,(H,20,23)/t16-/m1/s1. The molecule has 3 heterocycles. The van der Waals surface area contributed by atoms with Crippen LogP contribution >= 0.6 is 11.3 Å². The minimum atomic E-state index is -0.211. The summed E-state index contributed by atoms with van der Waals surface area (Å²) in [7, 11) is 0. The summed E-state index contributed by atoms with van der Waals surface area (Å²) >= 11 is 1.68. The van der Waals surface area contributed by atoms with Gasteiger partial charge in [0.2, 0.25) is 5.91 Å². The van der Waals surface area contributed by atoms with E-state index in [0.717, 1.165) is 62.3 Å². The maximum atomic E-state index is 12.4. The van der Waals surface area contributed by atoms with Gasteiger partial charge >= 0.3 is 0 Å². The number of likely N-dealkylation sites (tertiary alicyclic amines) is 1. The molecule has 6 nitrogen and oxygen atoms in total. The zero-order chi connectivity index (χ0) is 17.9. The van der Waals surface area contributed by atoms with Crippen LogP contribution in [0.3, 0.4) is 0 Å². The molecule has 0 bridgehead atoms. The summed E-state index contributed by atoms with van der Waals surface area (Å²) in [6.07, 6.45) is 6.78. The maximum absolute atomic E-state index is 12.4. The Kier molecular flexibility index (Phi) is 5.55. The lowest BCUT2D eigenvalue weighted by Gasteiger charge is -2.32. The zero-order valence-corrected chi connectivity index (χ0v) is 15.9. The normalized spacial score (nSPS) is 24.5. The van der Waals surface area contributed by atoms with Gasteiger partial charge in [-0.05, 0) is 38.5 Å². The fourth-order valence-corrected chi connectivity index (χ4v) is 4.90. The third kappa shape index (κ3) is 3.93. The minimum absolute atomic E-state index is 0.166. The molecule has 1 atom stereocenters. The van der Waals surface area contributed by atoms with Crippen molar-refractivity contribution in [3.63, 3.8) is 0 Å². The van der Waals surface area contributed by atoms with Crippen molar-refractivity contribution in [2.24, 2.45) is 5.92 Å². The lowest BCUT2D eigenvalue weighted by molar-refractivity contribution is -0.142. The van der Waals surface area contributed by atoms with E-state index in [1.54, 1.807) is 11.3 Å². The van der Waals surface area contributed by atoms with Crippen molar-refractivity contribution >= 4 is 23.2 Å². The lowest BCUT2D eigenvalue weighted by Crippen LogP contribution is -2.43. The van der Waals surface area contributed by atoms with Gasteiger partial charge in [0.25, 0.3) is 5.91 Å². The molecule has 1 aliphatic carbocycles. The number of carbonyl (C=O) groups excluding carboxylic acids is 2. The van der Waals surface area contributed by atoms with Gasteiger partial charge in [-0.3, -0.25) is 9.59 Å². The zero-order valence-electron chi connectivity index (χ0n) is 15.1. The third-order valence-corrected chi connectivity index (χ3v) is 6.91. The molecule has 2 amide bonds. The van der Waals surface area contributed by atoms with Crippen molar-refractivity contribution in [3.05, 3.63) is 16.1 Å². The Morgan fingerprint density at radius 1 is 1.19 bits per heavy atom. The Morgan fingerprint density at radius 3 is 2.65 bits per heavy atom. The van der Waals surface area contributed by atoms with Gasteiger partial charge in [0.15, 0.2) is 0 Å². The quantitative estimate of drug-likeness (QED) is 0.856. The Morgan fingerprint density at radius 2 is 2.00 bits per heavy atom. The molecule has 0 aromatic carbocycles. The number of ether oxygens (including phenoxy) is 1. The first kappa shape index (κ1) is 17.9. The molecule has 1 aromatic rings. The highest BCUT2D eigenvalue weighted by Crippen LogP contribution is 2.31. The van der Waals surface area contributed by atoms with Gasteiger partial charge in [-0.1, -0.05) is 6.42 Å². The Hall–Kier alpha value is -1.47. The number of piperidine rings is 1. The third-order valence-electron chi connectivity index (χ3n) is 5.85. The van der Waals surface area contributed by atoms with Crippen LogP contribution in [0.15, 0.2) is 5.38 Å². The summed E-state index contributed by atoms with van der Waals surface area (Å²) < 4.78 is 5.52. The molecule has 1 N–H and O–H groups in total. The summed E-state index contributed by atoms with van der Waals surface area (Å²) in [4.78, 5) is 31.1. The van der Waals surface area contributed by atoms with Gasteiger partial charge in [-0.15, -0.1) is 11.3 Å². The first-order valence-electron chi connectivity index (χ1n) is 9.83. The topological polar surface area (TPSA) is 71.5 Å². The number of amides is 2. The van der Waals surface area contributed by atoms with E-state index in [1.807, 2.05) is 4.90 Å². The smallest absolute Gasteiger partial charge is 0.251 e. The number of hydrogen-bond acceptors (Lipinski definition) is 5. The van der Waals surface area contributed by atoms with Crippen molar-refractivity contribution in [2.75, 3.05) is 19.7 Å². The van der Waals surface area contributed by atoms with Crippen LogP contribution in [0.5, 0.6) is 0 Å². The molecule has 1 aromatic heterocycles. The van der Waals surface area contributed by atoms with Gasteiger partial charge in [0.1, 0.15) is 6.10 Å². The molecule has 0 spiro atoms. The summed E-state index contributed by atoms with van der Waals surface area (Å²) in [6.45, 7) is 2.82. The van der Waals surface area contributed by atoms with E-state index in [2.05, 4.69) is 10.7 Å². The maximum Gasteiger partial charge on any atom is 0.251 e. The first-order chi connectivity index (χ1) is 12.7. The molecule has 3 aliphatic rings. The largest absolute Gasteiger partial charge is 0.368 e. The molecule has 142 valence electrons. The van der Waals surface area contributed by atoms with E-state index in [-0.39, 0.29) is 23.8 Å². The van der Waals surface area contributed by atoms with E-state index >= 15 is 0 Å². The van der Waals surface area contributed by atoms with E-state index in [4.69, 9.17) is 9.72 Å². The predicted octanol–water partition coefficient (Wildman–Crippen LogP) is 2.44. The highest BCUT2D eigenvalue weighted by Gasteiger charge is 2.32. The lowest BCUT2D eigenvalue weighted by atomic mass is 9.85. The van der Waals surface area contributed by atoms with E-state index < -0.39 is 0 Å². The monoisotopic (exact) mass is 377 g/mol. The first-order valence-corrected chi connectivity index (χ1v) is 10.7. The number of nitrogens with zero attached hydrogens (tertiary/aromatic N) is 2. The van der Waals surface area contributed by atoms with Crippen molar-refractivity contribution in [3.8, 4) is 0 Å². The molecule has 0 radical (unpaired) electrons. The molecule has 7 heteroatoms. The molecule has 4 rings (SSSR count). The number of rotatable bonds is 5. The fraction of sp³-hybridized carbons (Fsp3) is 0.737. The minimum Gasteiger partial charge on any atom is -0.368 e. The SMILES string of the molecule is O=C(NCc1csc(C2CCN(C(=O)[C@H]3CCCO3)CC2)n1)C1CCC1. The van der Waals surface area contributed by atoms with Crippen LogP contribution in [0.1, 0.15) is 61.6 Å². The van der Waals surface area contributed by atoms with Crippen LogP contribution < -0.4 is 5.32 Å². The Labute approximate surface area is 158 Å². The number of thiazole rings is 1. The molecule has 1 saturated carbocycles. The Bertz CT molecular complexity index is 644. The van der Waals surface area contributed by atoms with Gasteiger partial charge in [-0.2, -0.15) is 0 Å². The second-order valence-corrected chi connectivity index (χ2v) is 8.51. The predicted molar refractivity (Wildman–Crippen MR) is 98.8 cm³/mol. The van der Waals surface area contributed by atoms with Crippen molar-refractivity contribution in [2.45, 2.75) is 63.5 Å². The fourth-order valence-electron chi connectivity index (χ4n) is 3.91. The van der Waals surface area contributed by atoms with E-state index in [0.29, 0.717) is 19.1 Å². The summed E-state index contributed by atoms with van der Waals surface area (Å²) in [5.41, 5.74) is 0.954. The van der Waals surface area contributed by atoms with Crippen molar-refractivity contribution in [1.82, 2.24) is 15.2 Å². The summed E-state index contributed by atoms with van der Waals surface area (Å²) in [5.74, 6) is 0.981. The number of carbonyl (C=O) groups is 2. The highest BCUT2D eigenvalue weighted by molar-refractivity contribution is 7.09. The molecule has 2 saturated heterocycles. The summed E-state index contributed by atoms with van der Waals surface area (Å²) in [6, 6.07) is 0. The highest BCUT2D eigenvalue weighted by atomic mass is 32.1. The van der Waals surface area contributed by atoms with Crippen LogP contribution in [0.25, 0.3) is 0 Å². The van der Waals surface area contributed by atoms with Gasteiger partial charge in [-0.25, -0.2) is 4.98 Å². The second-order valence-electron chi connectivity index (χ2n) is 7.62. The molecule has 2 aliphatic heterocycles. The molecule has 0 unspecified atom stereocenters. The van der Waals surface area contributed by atoms with Gasteiger partial charge < -0.3 is 15.0 Å². The van der Waals surface area contributed by atoms with Crippen molar-refractivity contribution < 1.29 is 14.3 Å². The van der Waals surface area contributed by atoms with E-state index in [9.17, 15) is 9.59 Å². The Balaban J connectivity index is 1.24. The number of aromatic nitrogens is 1. The molecule has 3 fully saturated rings. The van der Waals surface area contributed by atoms with Crippen LogP contribution in [-0.4, -0.2) is 47.5 Å². The van der Waals surface area contributed by atoms with Crippen LogP contribution in [0, 0.1) is 5.92 Å². The van der Waals surface area contributed by atoms with Crippen LogP contribution in [-0.2, 0) is 20.9 Å².